The van der Waals surface area contributed by atoms with Crippen molar-refractivity contribution in [1.29, 1.82) is 10.5 Å². The topological polar surface area (TPSA) is 81.6 Å². The molecule has 18 heavy (non-hydrogen) atoms. The highest BCUT2D eigenvalue weighted by Crippen LogP contribution is 2.12. The summed E-state index contributed by atoms with van der Waals surface area (Å²) < 4.78 is 10.8. The van der Waals surface area contributed by atoms with Crippen LogP contribution in [-0.2, 0) is 9.47 Å². The maximum absolute atomic E-state index is 8.72. The van der Waals surface area contributed by atoms with E-state index in [1.54, 1.807) is 23.2 Å². The molecule has 0 saturated heterocycles. The minimum Gasteiger partial charge on any atom is -0.382 e. The van der Waals surface area contributed by atoms with Crippen LogP contribution >= 0.6 is 0 Å². The second-order valence-electron chi connectivity index (χ2n) is 3.44. The van der Waals surface area contributed by atoms with Crippen molar-refractivity contribution in [2.45, 2.75) is 20.1 Å². The molecular formula is C12H18N4O2. The quantitative estimate of drug-likeness (QED) is 0.502. The Bertz CT molecular complexity index is 366. The molecule has 0 aliphatic carbocycles. The Kier molecular flexibility index (Phi) is 8.21. The second-order valence-corrected chi connectivity index (χ2v) is 3.44. The zero-order chi connectivity index (χ0) is 14.0. The largest absolute Gasteiger partial charge is 0.382 e. The standard InChI is InChI=1S/C12H18N4O2/c1-5-17-12(18-6-2)11(9-16(3)4)15-10(7-13)8-14/h9,12H,5-6H2,1-4H3/b11-9-. The van der Waals surface area contributed by atoms with E-state index in [9.17, 15) is 0 Å². The van der Waals surface area contributed by atoms with Crippen LogP contribution in [0.15, 0.2) is 16.9 Å². The third-order valence-corrected chi connectivity index (χ3v) is 1.72. The maximum Gasteiger partial charge on any atom is 0.218 e. The van der Waals surface area contributed by atoms with Crippen molar-refractivity contribution >= 4 is 5.71 Å². The van der Waals surface area contributed by atoms with Gasteiger partial charge in [0.05, 0.1) is 0 Å². The molecule has 0 amide bonds. The Balaban J connectivity index is 5.28. The highest BCUT2D eigenvalue weighted by molar-refractivity contribution is 6.10. The van der Waals surface area contributed by atoms with Gasteiger partial charge in [-0.2, -0.15) is 10.5 Å². The molecule has 0 aliphatic heterocycles. The Morgan fingerprint density at radius 3 is 2.06 bits per heavy atom. The third kappa shape index (κ3) is 6.00. The van der Waals surface area contributed by atoms with E-state index in [2.05, 4.69) is 4.99 Å². The second kappa shape index (κ2) is 9.17. The van der Waals surface area contributed by atoms with Gasteiger partial charge in [0.1, 0.15) is 17.8 Å². The van der Waals surface area contributed by atoms with Gasteiger partial charge in [0.15, 0.2) is 0 Å². The Labute approximate surface area is 108 Å². The summed E-state index contributed by atoms with van der Waals surface area (Å²) in [5.74, 6) is 0. The van der Waals surface area contributed by atoms with E-state index >= 15 is 0 Å². The van der Waals surface area contributed by atoms with Gasteiger partial charge < -0.3 is 14.4 Å². The molecule has 0 bridgehead atoms. The highest BCUT2D eigenvalue weighted by Gasteiger charge is 2.15. The van der Waals surface area contributed by atoms with Crippen molar-refractivity contribution in [3.8, 4) is 12.1 Å². The van der Waals surface area contributed by atoms with Crippen LogP contribution in [0, 0.1) is 22.7 Å². The molecule has 0 atom stereocenters. The van der Waals surface area contributed by atoms with Crippen LogP contribution in [0.4, 0.5) is 0 Å². The Hall–Kier alpha value is -1.89. The van der Waals surface area contributed by atoms with Crippen LogP contribution < -0.4 is 0 Å². The van der Waals surface area contributed by atoms with E-state index in [4.69, 9.17) is 20.0 Å². The first-order valence-corrected chi connectivity index (χ1v) is 5.59. The van der Waals surface area contributed by atoms with Crippen LogP contribution in [0.2, 0.25) is 0 Å². The highest BCUT2D eigenvalue weighted by atomic mass is 16.7. The molecule has 98 valence electrons. The van der Waals surface area contributed by atoms with Gasteiger partial charge in [-0.1, -0.05) is 0 Å². The Morgan fingerprint density at radius 1 is 1.22 bits per heavy atom. The van der Waals surface area contributed by atoms with Gasteiger partial charge in [0, 0.05) is 33.5 Å². The molecule has 0 unspecified atom stereocenters. The lowest BCUT2D eigenvalue weighted by Crippen LogP contribution is -2.21. The summed E-state index contributed by atoms with van der Waals surface area (Å²) in [6, 6.07) is 3.43. The van der Waals surface area contributed by atoms with E-state index in [-0.39, 0.29) is 5.71 Å². The molecule has 6 nitrogen and oxygen atoms in total. The zero-order valence-electron chi connectivity index (χ0n) is 11.2. The number of ether oxygens (including phenoxy) is 2. The lowest BCUT2D eigenvalue weighted by Gasteiger charge is -2.18. The van der Waals surface area contributed by atoms with E-state index in [1.807, 2.05) is 27.9 Å². The molecule has 0 rings (SSSR count). The van der Waals surface area contributed by atoms with Gasteiger partial charge in [-0.15, -0.1) is 0 Å². The van der Waals surface area contributed by atoms with Crippen LogP contribution in [0.3, 0.4) is 0 Å². The minimum atomic E-state index is -0.681. The predicted molar refractivity (Wildman–Crippen MR) is 67.5 cm³/mol. The van der Waals surface area contributed by atoms with Crippen molar-refractivity contribution in [3.63, 3.8) is 0 Å². The average molecular weight is 250 g/mol. The van der Waals surface area contributed by atoms with Crippen LogP contribution in [-0.4, -0.2) is 44.2 Å². The zero-order valence-corrected chi connectivity index (χ0v) is 11.2. The third-order valence-electron chi connectivity index (χ3n) is 1.72. The molecule has 0 saturated carbocycles. The van der Waals surface area contributed by atoms with Gasteiger partial charge in [-0.05, 0) is 13.8 Å². The summed E-state index contributed by atoms with van der Waals surface area (Å²) in [6.45, 7) is 4.55. The van der Waals surface area contributed by atoms with Gasteiger partial charge in [0.25, 0.3) is 0 Å². The fourth-order valence-electron chi connectivity index (χ4n) is 1.13. The van der Waals surface area contributed by atoms with E-state index < -0.39 is 6.29 Å². The number of nitrogens with zero attached hydrogens (tertiary/aromatic N) is 4. The maximum atomic E-state index is 8.72. The fourth-order valence-corrected chi connectivity index (χ4v) is 1.13. The van der Waals surface area contributed by atoms with Gasteiger partial charge in [-0.25, -0.2) is 4.99 Å². The van der Waals surface area contributed by atoms with E-state index in [1.165, 1.54) is 0 Å². The summed E-state index contributed by atoms with van der Waals surface area (Å²) in [4.78, 5) is 5.70. The molecule has 6 heteroatoms. The number of rotatable bonds is 7. The summed E-state index contributed by atoms with van der Waals surface area (Å²) in [6.07, 6.45) is 0.976. The molecule has 0 heterocycles. The van der Waals surface area contributed by atoms with Crippen LogP contribution in [0.5, 0.6) is 0 Å². The van der Waals surface area contributed by atoms with Crippen LogP contribution in [0.1, 0.15) is 13.8 Å². The van der Waals surface area contributed by atoms with E-state index in [0.717, 1.165) is 0 Å². The average Bonchev–Trinajstić information content (AvgIpc) is 2.33. The number of hydrogen-bond donors (Lipinski definition) is 0. The molecule has 0 aromatic carbocycles. The van der Waals surface area contributed by atoms with Gasteiger partial charge in [-0.3, -0.25) is 0 Å². The smallest absolute Gasteiger partial charge is 0.218 e. The predicted octanol–water partition coefficient (Wildman–Crippen LogP) is 1.28. The lowest BCUT2D eigenvalue weighted by molar-refractivity contribution is -0.112. The first kappa shape index (κ1) is 16.1. The van der Waals surface area contributed by atoms with Crippen molar-refractivity contribution in [3.05, 3.63) is 11.9 Å². The summed E-state index contributed by atoms with van der Waals surface area (Å²) in [5.41, 5.74) is 0.161. The molecule has 0 aromatic heterocycles. The summed E-state index contributed by atoms with van der Waals surface area (Å²) in [5, 5.41) is 17.4. The van der Waals surface area contributed by atoms with Gasteiger partial charge in [0.2, 0.25) is 12.0 Å². The monoisotopic (exact) mass is 250 g/mol. The molecular weight excluding hydrogens is 232 g/mol. The molecule has 0 aromatic rings. The molecule has 0 fully saturated rings. The molecule has 0 N–H and O–H groups in total. The van der Waals surface area contributed by atoms with Crippen molar-refractivity contribution in [2.24, 2.45) is 4.99 Å². The number of hydrogen-bond acceptors (Lipinski definition) is 6. The van der Waals surface area contributed by atoms with Crippen molar-refractivity contribution in [1.82, 2.24) is 4.90 Å². The molecule has 0 radical (unpaired) electrons. The minimum absolute atomic E-state index is 0.229. The summed E-state index contributed by atoms with van der Waals surface area (Å²) in [7, 11) is 3.62. The molecule has 0 spiro atoms. The molecule has 0 aliphatic rings. The SMILES string of the molecule is CCOC(OCC)/C(=C/N(C)C)N=C(C#N)C#N. The van der Waals surface area contributed by atoms with Crippen molar-refractivity contribution < 1.29 is 9.47 Å². The van der Waals surface area contributed by atoms with Crippen molar-refractivity contribution in [2.75, 3.05) is 27.3 Å². The van der Waals surface area contributed by atoms with Crippen LogP contribution in [0.25, 0.3) is 0 Å². The van der Waals surface area contributed by atoms with E-state index in [0.29, 0.717) is 18.9 Å². The normalized spacial score (nSPS) is 10.7. The first-order valence-electron chi connectivity index (χ1n) is 5.59. The number of nitriles is 2. The van der Waals surface area contributed by atoms with Gasteiger partial charge >= 0.3 is 0 Å². The number of aliphatic imine (C=N–C) groups is 1. The first-order chi connectivity index (χ1) is 8.58. The fraction of sp³-hybridized carbons (Fsp3) is 0.583. The summed E-state index contributed by atoms with van der Waals surface area (Å²) >= 11 is 0. The Morgan fingerprint density at radius 2 is 1.72 bits per heavy atom. The lowest BCUT2D eigenvalue weighted by atomic mass is 10.4.